The lowest BCUT2D eigenvalue weighted by atomic mass is 9.83. The third kappa shape index (κ3) is 2.98. The number of nitrogens with zero attached hydrogens (tertiary/aromatic N) is 3. The van der Waals surface area contributed by atoms with Gasteiger partial charge in [-0.2, -0.15) is 0 Å². The van der Waals surface area contributed by atoms with Crippen molar-refractivity contribution in [3.63, 3.8) is 0 Å². The summed E-state index contributed by atoms with van der Waals surface area (Å²) in [6.45, 7) is 6.99. The molecular formula is C28H26N4O2. The minimum absolute atomic E-state index is 0.231. The normalized spacial score (nSPS) is 17.5. The van der Waals surface area contributed by atoms with Crippen molar-refractivity contribution in [2.24, 2.45) is 5.92 Å². The van der Waals surface area contributed by atoms with E-state index in [2.05, 4.69) is 48.1 Å². The van der Waals surface area contributed by atoms with E-state index in [-0.39, 0.29) is 24.3 Å². The fourth-order valence-electron chi connectivity index (χ4n) is 5.50. The van der Waals surface area contributed by atoms with Gasteiger partial charge in [-0.1, -0.05) is 44.2 Å². The molecule has 34 heavy (non-hydrogen) atoms. The summed E-state index contributed by atoms with van der Waals surface area (Å²) in [7, 11) is 0. The van der Waals surface area contributed by atoms with Gasteiger partial charge >= 0.3 is 0 Å². The molecule has 170 valence electrons. The maximum atomic E-state index is 13.7. The van der Waals surface area contributed by atoms with E-state index in [1.807, 2.05) is 30.3 Å². The molecule has 2 aliphatic heterocycles. The Morgan fingerprint density at radius 2 is 1.91 bits per heavy atom. The van der Waals surface area contributed by atoms with Gasteiger partial charge in [0.15, 0.2) is 0 Å². The molecule has 6 nitrogen and oxygen atoms in total. The van der Waals surface area contributed by atoms with Gasteiger partial charge in [0, 0.05) is 53.9 Å². The van der Waals surface area contributed by atoms with Gasteiger partial charge in [-0.3, -0.25) is 19.5 Å². The molecule has 0 saturated carbocycles. The molecule has 0 spiro atoms. The van der Waals surface area contributed by atoms with Crippen LogP contribution in [0.5, 0.6) is 0 Å². The second kappa shape index (κ2) is 7.55. The quantitative estimate of drug-likeness (QED) is 0.475. The van der Waals surface area contributed by atoms with Crippen LogP contribution in [0.2, 0.25) is 0 Å². The number of pyridine rings is 1. The highest BCUT2D eigenvalue weighted by molar-refractivity contribution is 6.11. The zero-order valence-electron chi connectivity index (χ0n) is 19.5. The van der Waals surface area contributed by atoms with E-state index in [4.69, 9.17) is 4.98 Å². The van der Waals surface area contributed by atoms with Crippen LogP contribution >= 0.6 is 0 Å². The number of fused-ring (bicyclic) bond motifs is 1. The molecule has 2 aromatic carbocycles. The smallest absolute Gasteiger partial charge is 0.259 e. The van der Waals surface area contributed by atoms with E-state index in [0.29, 0.717) is 11.5 Å². The number of anilines is 1. The van der Waals surface area contributed by atoms with E-state index in [9.17, 15) is 9.59 Å². The summed E-state index contributed by atoms with van der Waals surface area (Å²) in [4.78, 5) is 32.1. The molecule has 0 radical (unpaired) electrons. The van der Waals surface area contributed by atoms with Gasteiger partial charge in [-0.25, -0.2) is 0 Å². The minimum atomic E-state index is -0.336. The first-order valence-corrected chi connectivity index (χ1v) is 11.7. The fraction of sp³-hybridized carbons (Fsp3) is 0.250. The van der Waals surface area contributed by atoms with Gasteiger partial charge < -0.3 is 9.88 Å². The average molecular weight is 451 g/mol. The third-order valence-corrected chi connectivity index (χ3v) is 6.85. The zero-order chi connectivity index (χ0) is 23.6. The Bertz CT molecular complexity index is 1520. The summed E-state index contributed by atoms with van der Waals surface area (Å²) in [6, 6.07) is 16.3. The summed E-state index contributed by atoms with van der Waals surface area (Å²) >= 11 is 0. The highest BCUT2D eigenvalue weighted by atomic mass is 16.2. The lowest BCUT2D eigenvalue weighted by Crippen LogP contribution is -2.33. The van der Waals surface area contributed by atoms with E-state index in [1.54, 1.807) is 6.20 Å². The Labute approximate surface area is 197 Å². The predicted molar refractivity (Wildman–Crippen MR) is 133 cm³/mol. The largest absolute Gasteiger partial charge is 0.356 e. The second-order valence-corrected chi connectivity index (χ2v) is 9.61. The molecule has 4 aromatic rings. The van der Waals surface area contributed by atoms with E-state index >= 15 is 0 Å². The topological polar surface area (TPSA) is 67.2 Å². The third-order valence-electron chi connectivity index (χ3n) is 6.85. The summed E-state index contributed by atoms with van der Waals surface area (Å²) in [5.74, 6) is -0.342. The Balaban J connectivity index is 1.69. The molecule has 4 heterocycles. The number of para-hydroxylation sites is 1. The molecule has 6 heteroatoms. The summed E-state index contributed by atoms with van der Waals surface area (Å²) in [6.07, 6.45) is 3.99. The predicted octanol–water partition coefficient (Wildman–Crippen LogP) is 5.05. The van der Waals surface area contributed by atoms with Gasteiger partial charge in [-0.05, 0) is 35.2 Å². The Morgan fingerprint density at radius 1 is 1.12 bits per heavy atom. The Kier molecular flexibility index (Phi) is 4.59. The van der Waals surface area contributed by atoms with E-state index < -0.39 is 0 Å². The minimum Gasteiger partial charge on any atom is -0.356 e. The van der Waals surface area contributed by atoms with Crippen molar-refractivity contribution < 1.29 is 9.59 Å². The van der Waals surface area contributed by atoms with Crippen LogP contribution in [0.3, 0.4) is 0 Å². The van der Waals surface area contributed by atoms with Crippen LogP contribution in [0.4, 0.5) is 5.69 Å². The standard InChI is InChI=1S/C28H26N4O2/c1-16(2)13-31-14-20-24(19-9-4-7-18-8-6-12-29-27(18)19)26-22(15-32(17(3)33)28(26)34)30-21-10-5-11-23(31)25(20)21/h4-12,14,16,24,30H,13,15H2,1-3H3. The Hall–Kier alpha value is -3.93. The van der Waals surface area contributed by atoms with Crippen molar-refractivity contribution in [2.45, 2.75) is 33.2 Å². The molecule has 0 bridgehead atoms. The molecular weight excluding hydrogens is 424 g/mol. The summed E-state index contributed by atoms with van der Waals surface area (Å²) < 4.78 is 2.29. The van der Waals surface area contributed by atoms with Crippen LogP contribution in [0.1, 0.15) is 37.8 Å². The molecule has 6 rings (SSSR count). The highest BCUT2D eigenvalue weighted by Crippen LogP contribution is 2.47. The van der Waals surface area contributed by atoms with Crippen molar-refractivity contribution in [3.8, 4) is 0 Å². The summed E-state index contributed by atoms with van der Waals surface area (Å²) in [5.41, 5.74) is 6.46. The molecule has 1 atom stereocenters. The number of carbonyl (C=O) groups is 2. The zero-order valence-corrected chi connectivity index (χ0v) is 19.5. The molecule has 0 fully saturated rings. The molecule has 1 unspecified atom stereocenters. The van der Waals surface area contributed by atoms with E-state index in [1.165, 1.54) is 11.8 Å². The average Bonchev–Trinajstić information content (AvgIpc) is 3.28. The number of aromatic nitrogens is 2. The molecule has 2 aromatic heterocycles. The molecule has 0 aliphatic carbocycles. The molecule has 1 N–H and O–H groups in total. The maximum absolute atomic E-state index is 13.7. The van der Waals surface area contributed by atoms with Gasteiger partial charge in [0.1, 0.15) is 0 Å². The number of hydrogen-bond acceptors (Lipinski definition) is 4. The second-order valence-electron chi connectivity index (χ2n) is 9.61. The lowest BCUT2D eigenvalue weighted by Gasteiger charge is -2.20. The molecule has 2 amide bonds. The highest BCUT2D eigenvalue weighted by Gasteiger charge is 2.42. The van der Waals surface area contributed by atoms with Crippen LogP contribution in [0, 0.1) is 5.92 Å². The number of imide groups is 1. The van der Waals surface area contributed by atoms with Gasteiger partial charge in [0.25, 0.3) is 5.91 Å². The number of benzene rings is 2. The SMILES string of the molecule is CC(=O)N1CC2=C(C1=O)C(c1cccc3cccnc13)c1cn(CC(C)C)c3cccc(c13)N2. The molecule has 2 aliphatic rings. The number of carbonyl (C=O) groups excluding carboxylic acids is 2. The molecule has 0 saturated heterocycles. The van der Waals surface area contributed by atoms with Crippen LogP contribution in [-0.2, 0) is 16.1 Å². The van der Waals surface area contributed by atoms with Gasteiger partial charge in [0.05, 0.1) is 23.2 Å². The van der Waals surface area contributed by atoms with Gasteiger partial charge in [-0.15, -0.1) is 0 Å². The number of nitrogens with one attached hydrogen (secondary N) is 1. The first kappa shape index (κ1) is 20.7. The maximum Gasteiger partial charge on any atom is 0.259 e. The lowest BCUT2D eigenvalue weighted by molar-refractivity contribution is -0.139. The Morgan fingerprint density at radius 3 is 2.71 bits per heavy atom. The fourth-order valence-corrected chi connectivity index (χ4v) is 5.50. The van der Waals surface area contributed by atoms with Crippen LogP contribution < -0.4 is 5.32 Å². The summed E-state index contributed by atoms with van der Waals surface area (Å²) in [5, 5.41) is 5.70. The van der Waals surface area contributed by atoms with Gasteiger partial charge in [0.2, 0.25) is 5.91 Å². The van der Waals surface area contributed by atoms with Crippen LogP contribution in [-0.4, -0.2) is 32.8 Å². The number of hydrogen-bond donors (Lipinski definition) is 1. The first-order valence-electron chi connectivity index (χ1n) is 11.7. The van der Waals surface area contributed by atoms with Crippen molar-refractivity contribution in [2.75, 3.05) is 11.9 Å². The van der Waals surface area contributed by atoms with Crippen LogP contribution in [0.15, 0.2) is 72.2 Å². The van der Waals surface area contributed by atoms with Crippen LogP contribution in [0.25, 0.3) is 21.8 Å². The number of rotatable bonds is 3. The first-order chi connectivity index (χ1) is 16.4. The van der Waals surface area contributed by atoms with Crippen molar-refractivity contribution in [3.05, 3.63) is 83.3 Å². The van der Waals surface area contributed by atoms with Crippen molar-refractivity contribution >= 4 is 39.3 Å². The monoisotopic (exact) mass is 450 g/mol. The van der Waals surface area contributed by atoms with Crippen molar-refractivity contribution in [1.82, 2.24) is 14.5 Å². The van der Waals surface area contributed by atoms with Crippen molar-refractivity contribution in [1.29, 1.82) is 0 Å². The number of amides is 2. The van der Waals surface area contributed by atoms with E-state index in [0.717, 1.165) is 50.9 Å².